The summed E-state index contributed by atoms with van der Waals surface area (Å²) in [7, 11) is 0. The third-order valence-electron chi connectivity index (χ3n) is 4.39. The van der Waals surface area contributed by atoms with Crippen LogP contribution in [0.4, 0.5) is 0 Å². The molecule has 0 aliphatic heterocycles. The number of ketones is 2. The SMILES string of the molecule is O=C1C=Cc2nc3ccc4nc5ccccc5cc4c3cc2C1=O. The van der Waals surface area contributed by atoms with Gasteiger partial charge in [-0.15, -0.1) is 0 Å². The van der Waals surface area contributed by atoms with Gasteiger partial charge in [-0.3, -0.25) is 9.59 Å². The second-order valence-corrected chi connectivity index (χ2v) is 5.83. The van der Waals surface area contributed by atoms with Crippen LogP contribution in [-0.4, -0.2) is 21.5 Å². The minimum Gasteiger partial charge on any atom is -0.286 e. The zero-order valence-corrected chi connectivity index (χ0v) is 12.5. The molecule has 5 rings (SSSR count). The number of carbonyl (C=O) groups is 2. The first-order valence-electron chi connectivity index (χ1n) is 7.61. The number of hydrogen-bond acceptors (Lipinski definition) is 4. The summed E-state index contributed by atoms with van der Waals surface area (Å²) in [4.78, 5) is 33.0. The predicted octanol–water partition coefficient (Wildman–Crippen LogP) is 3.71. The first-order valence-corrected chi connectivity index (χ1v) is 7.61. The molecule has 4 nitrogen and oxygen atoms in total. The topological polar surface area (TPSA) is 59.9 Å². The van der Waals surface area contributed by atoms with Gasteiger partial charge in [0.2, 0.25) is 11.6 Å². The van der Waals surface area contributed by atoms with E-state index in [1.165, 1.54) is 6.08 Å². The molecule has 0 unspecified atom stereocenters. The van der Waals surface area contributed by atoms with Crippen molar-refractivity contribution in [2.24, 2.45) is 0 Å². The van der Waals surface area contributed by atoms with Gasteiger partial charge in [-0.1, -0.05) is 18.2 Å². The van der Waals surface area contributed by atoms with Gasteiger partial charge in [0.25, 0.3) is 0 Å². The molecule has 1 aliphatic carbocycles. The minimum atomic E-state index is -0.507. The van der Waals surface area contributed by atoms with Crippen LogP contribution >= 0.6 is 0 Å². The van der Waals surface area contributed by atoms with Crippen LogP contribution in [-0.2, 0) is 4.79 Å². The maximum absolute atomic E-state index is 12.2. The normalized spacial score (nSPS) is 13.8. The molecule has 0 saturated heterocycles. The third-order valence-corrected chi connectivity index (χ3v) is 4.39. The molecule has 0 atom stereocenters. The average molecular weight is 310 g/mol. The highest BCUT2D eigenvalue weighted by atomic mass is 16.2. The molecule has 1 aliphatic rings. The Morgan fingerprint density at radius 2 is 1.46 bits per heavy atom. The first-order chi connectivity index (χ1) is 11.7. The van der Waals surface area contributed by atoms with Crippen molar-refractivity contribution in [2.75, 3.05) is 0 Å². The Morgan fingerprint density at radius 3 is 2.33 bits per heavy atom. The number of Topliss-reactive ketones (excluding diaryl/α,β-unsaturated/α-hetero) is 1. The molecule has 4 heteroatoms. The Hall–Kier alpha value is -3.40. The summed E-state index contributed by atoms with van der Waals surface area (Å²) >= 11 is 0. The van der Waals surface area contributed by atoms with Crippen molar-refractivity contribution >= 4 is 50.4 Å². The Kier molecular flexibility index (Phi) is 2.48. The van der Waals surface area contributed by atoms with E-state index in [1.54, 1.807) is 12.1 Å². The number of rotatable bonds is 0. The molecule has 2 aromatic heterocycles. The lowest BCUT2D eigenvalue weighted by Gasteiger charge is -2.11. The van der Waals surface area contributed by atoms with Crippen molar-refractivity contribution in [3.05, 3.63) is 65.9 Å². The second-order valence-electron chi connectivity index (χ2n) is 5.83. The smallest absolute Gasteiger partial charge is 0.235 e. The van der Waals surface area contributed by atoms with E-state index in [9.17, 15) is 9.59 Å². The number of fused-ring (bicyclic) bond motifs is 5. The molecule has 24 heavy (non-hydrogen) atoms. The lowest BCUT2D eigenvalue weighted by molar-refractivity contribution is -0.110. The maximum atomic E-state index is 12.2. The van der Waals surface area contributed by atoms with Crippen LogP contribution in [0.25, 0.3) is 38.8 Å². The van der Waals surface area contributed by atoms with Crippen molar-refractivity contribution in [3.8, 4) is 0 Å². The van der Waals surface area contributed by atoms with Gasteiger partial charge in [0.1, 0.15) is 0 Å². The molecule has 0 saturated carbocycles. The van der Waals surface area contributed by atoms with Crippen molar-refractivity contribution in [3.63, 3.8) is 0 Å². The maximum Gasteiger partial charge on any atom is 0.235 e. The van der Waals surface area contributed by atoms with Gasteiger partial charge in [-0.2, -0.15) is 0 Å². The fourth-order valence-electron chi connectivity index (χ4n) is 3.19. The third kappa shape index (κ3) is 1.74. The van der Waals surface area contributed by atoms with Crippen molar-refractivity contribution in [2.45, 2.75) is 0 Å². The summed E-state index contributed by atoms with van der Waals surface area (Å²) in [5.41, 5.74) is 3.44. The lowest BCUT2D eigenvalue weighted by atomic mass is 9.96. The van der Waals surface area contributed by atoms with Crippen LogP contribution in [0.15, 0.2) is 54.6 Å². The predicted molar refractivity (Wildman–Crippen MR) is 92.9 cm³/mol. The van der Waals surface area contributed by atoms with E-state index < -0.39 is 11.6 Å². The molecule has 2 heterocycles. The Balaban J connectivity index is 1.93. The van der Waals surface area contributed by atoms with Gasteiger partial charge < -0.3 is 0 Å². The summed E-state index contributed by atoms with van der Waals surface area (Å²) in [6.45, 7) is 0. The fourth-order valence-corrected chi connectivity index (χ4v) is 3.19. The number of para-hydroxylation sites is 1. The molecule has 0 radical (unpaired) electrons. The van der Waals surface area contributed by atoms with Crippen molar-refractivity contribution in [1.82, 2.24) is 9.97 Å². The molecule has 0 amide bonds. The number of hydrogen-bond donors (Lipinski definition) is 0. The molecular weight excluding hydrogens is 300 g/mol. The number of pyridine rings is 2. The van der Waals surface area contributed by atoms with Crippen molar-refractivity contribution < 1.29 is 9.59 Å². The summed E-state index contributed by atoms with van der Waals surface area (Å²) in [5.74, 6) is -1.01. The van der Waals surface area contributed by atoms with Crippen LogP contribution < -0.4 is 0 Å². The minimum absolute atomic E-state index is 0.357. The number of nitrogens with zero attached hydrogens (tertiary/aromatic N) is 2. The molecular formula is C20H10N2O2. The van der Waals surface area contributed by atoms with E-state index in [0.29, 0.717) is 11.3 Å². The Morgan fingerprint density at radius 1 is 0.708 bits per heavy atom. The zero-order chi connectivity index (χ0) is 16.3. The van der Waals surface area contributed by atoms with Crippen LogP contribution in [0.3, 0.4) is 0 Å². The summed E-state index contributed by atoms with van der Waals surface area (Å²) in [6, 6.07) is 15.5. The largest absolute Gasteiger partial charge is 0.286 e. The van der Waals surface area contributed by atoms with E-state index in [0.717, 1.165) is 32.7 Å². The van der Waals surface area contributed by atoms with Crippen LogP contribution in [0.5, 0.6) is 0 Å². The molecule has 0 fully saturated rings. The quantitative estimate of drug-likeness (QED) is 0.282. The second kappa shape index (κ2) is 4.55. The lowest BCUT2D eigenvalue weighted by Crippen LogP contribution is -2.17. The number of carbonyl (C=O) groups excluding carboxylic acids is 2. The highest BCUT2D eigenvalue weighted by Gasteiger charge is 2.22. The highest BCUT2D eigenvalue weighted by molar-refractivity contribution is 6.50. The summed E-state index contributed by atoms with van der Waals surface area (Å²) < 4.78 is 0. The van der Waals surface area contributed by atoms with Crippen LogP contribution in [0, 0.1) is 0 Å². The van der Waals surface area contributed by atoms with E-state index in [1.807, 2.05) is 36.4 Å². The molecule has 112 valence electrons. The average Bonchev–Trinajstić information content (AvgIpc) is 2.62. The standard InChI is InChI=1S/C20H10N2O2/c23-19-8-7-18-14(20(19)24)10-13-12-9-11-3-1-2-4-15(11)21-16(12)5-6-17(13)22-18/h1-10H. The Labute approximate surface area is 136 Å². The molecule has 0 N–H and O–H groups in total. The van der Waals surface area contributed by atoms with Gasteiger partial charge in [0.15, 0.2) is 0 Å². The molecule has 2 aromatic carbocycles. The number of allylic oxidation sites excluding steroid dienone is 1. The van der Waals surface area contributed by atoms with Crippen LogP contribution in [0.1, 0.15) is 16.1 Å². The summed E-state index contributed by atoms with van der Waals surface area (Å²) in [5, 5.41) is 2.79. The number of benzene rings is 2. The first kappa shape index (κ1) is 13.1. The Bertz CT molecular complexity index is 1240. The highest BCUT2D eigenvalue weighted by Crippen LogP contribution is 2.29. The molecule has 0 spiro atoms. The van der Waals surface area contributed by atoms with Gasteiger partial charge in [-0.25, -0.2) is 9.97 Å². The van der Waals surface area contributed by atoms with Gasteiger partial charge >= 0.3 is 0 Å². The number of aromatic nitrogens is 2. The van der Waals surface area contributed by atoms with E-state index in [2.05, 4.69) is 16.0 Å². The van der Waals surface area contributed by atoms with Gasteiger partial charge in [0.05, 0.1) is 27.8 Å². The van der Waals surface area contributed by atoms with Gasteiger partial charge in [-0.05, 0) is 42.5 Å². The van der Waals surface area contributed by atoms with Crippen molar-refractivity contribution in [1.29, 1.82) is 0 Å². The zero-order valence-electron chi connectivity index (χ0n) is 12.5. The van der Waals surface area contributed by atoms with E-state index in [-0.39, 0.29) is 0 Å². The summed E-state index contributed by atoms with van der Waals surface area (Å²) in [6.07, 6.45) is 2.88. The van der Waals surface area contributed by atoms with E-state index >= 15 is 0 Å². The molecule has 4 aromatic rings. The van der Waals surface area contributed by atoms with Gasteiger partial charge in [0, 0.05) is 16.2 Å². The van der Waals surface area contributed by atoms with E-state index in [4.69, 9.17) is 0 Å². The fraction of sp³-hybridized carbons (Fsp3) is 0. The van der Waals surface area contributed by atoms with Crippen LogP contribution in [0.2, 0.25) is 0 Å². The molecule has 0 bridgehead atoms. The monoisotopic (exact) mass is 310 g/mol.